The zero-order valence-corrected chi connectivity index (χ0v) is 10.8. The average Bonchev–Trinajstić information content (AvgIpc) is 2.72. The van der Waals surface area contributed by atoms with Crippen molar-refractivity contribution < 1.29 is 14.3 Å². The fraction of sp³-hybridized carbons (Fsp3) is 0.0667. The van der Waals surface area contributed by atoms with Gasteiger partial charge in [0.2, 0.25) is 0 Å². The maximum absolute atomic E-state index is 12.4. The highest BCUT2D eigenvalue weighted by atomic mass is 16.5. The second-order valence-electron chi connectivity index (χ2n) is 4.42. The van der Waals surface area contributed by atoms with Crippen LogP contribution in [-0.2, 0) is 0 Å². The monoisotopic (exact) mass is 268 g/mol. The third-order valence-electron chi connectivity index (χ3n) is 3.24. The van der Waals surface area contributed by atoms with Gasteiger partial charge in [-0.1, -0.05) is 12.1 Å². The summed E-state index contributed by atoms with van der Waals surface area (Å²) in [5.74, 6) is -0.318. The Kier molecular flexibility index (Phi) is 2.68. The van der Waals surface area contributed by atoms with E-state index in [0.29, 0.717) is 28.3 Å². The smallest absolute Gasteiger partial charge is 0.266 e. The van der Waals surface area contributed by atoms with E-state index in [2.05, 4.69) is 0 Å². The number of carbonyl (C=O) groups is 2. The largest absolute Gasteiger partial charge is 0.494 e. The van der Waals surface area contributed by atoms with Crippen molar-refractivity contribution in [2.75, 3.05) is 17.7 Å². The minimum Gasteiger partial charge on any atom is -0.494 e. The Bertz CT molecular complexity index is 690. The second-order valence-corrected chi connectivity index (χ2v) is 4.42. The first-order valence-corrected chi connectivity index (χ1v) is 6.05. The molecule has 0 spiro atoms. The Morgan fingerprint density at radius 3 is 2.15 bits per heavy atom. The molecule has 0 saturated carbocycles. The van der Waals surface area contributed by atoms with Crippen LogP contribution in [0.15, 0.2) is 42.5 Å². The van der Waals surface area contributed by atoms with Crippen molar-refractivity contribution in [1.29, 1.82) is 0 Å². The number of anilines is 2. The van der Waals surface area contributed by atoms with Crippen molar-refractivity contribution in [1.82, 2.24) is 0 Å². The van der Waals surface area contributed by atoms with E-state index >= 15 is 0 Å². The van der Waals surface area contributed by atoms with Gasteiger partial charge in [-0.2, -0.15) is 0 Å². The zero-order chi connectivity index (χ0) is 14.3. The lowest BCUT2D eigenvalue weighted by molar-refractivity contribution is 0.0925. The molecule has 0 unspecified atom stereocenters. The summed E-state index contributed by atoms with van der Waals surface area (Å²) in [6.45, 7) is 0. The highest BCUT2D eigenvalue weighted by molar-refractivity contribution is 6.34. The first kappa shape index (κ1) is 12.2. The lowest BCUT2D eigenvalue weighted by atomic mass is 10.1. The van der Waals surface area contributed by atoms with Crippen molar-refractivity contribution in [3.63, 3.8) is 0 Å². The SMILES string of the molecule is COc1cc(N)ccc1N1C(=O)c2ccccc2C1=O. The molecule has 3 rings (SSSR count). The number of benzene rings is 2. The van der Waals surface area contributed by atoms with Gasteiger partial charge in [0, 0.05) is 11.8 Å². The van der Waals surface area contributed by atoms with Crippen LogP contribution in [0.4, 0.5) is 11.4 Å². The van der Waals surface area contributed by atoms with E-state index in [1.54, 1.807) is 42.5 Å². The number of imide groups is 1. The molecule has 0 atom stereocenters. The van der Waals surface area contributed by atoms with Crippen LogP contribution in [0, 0.1) is 0 Å². The number of rotatable bonds is 2. The molecule has 2 N–H and O–H groups in total. The van der Waals surface area contributed by atoms with Gasteiger partial charge in [-0.05, 0) is 24.3 Å². The molecular weight excluding hydrogens is 256 g/mol. The lowest BCUT2D eigenvalue weighted by Gasteiger charge is -2.17. The molecule has 0 aromatic heterocycles. The van der Waals surface area contributed by atoms with Gasteiger partial charge in [0.1, 0.15) is 5.75 Å². The van der Waals surface area contributed by atoms with Crippen molar-refractivity contribution in [2.24, 2.45) is 0 Å². The number of methoxy groups -OCH3 is 1. The van der Waals surface area contributed by atoms with Crippen molar-refractivity contribution in [3.8, 4) is 5.75 Å². The van der Waals surface area contributed by atoms with Crippen LogP contribution in [0.1, 0.15) is 20.7 Å². The molecule has 2 aromatic carbocycles. The fourth-order valence-corrected chi connectivity index (χ4v) is 2.29. The summed E-state index contributed by atoms with van der Waals surface area (Å²) < 4.78 is 5.21. The maximum Gasteiger partial charge on any atom is 0.266 e. The molecule has 0 radical (unpaired) electrons. The Morgan fingerprint density at radius 1 is 1.00 bits per heavy atom. The second kappa shape index (κ2) is 4.38. The van der Waals surface area contributed by atoms with Gasteiger partial charge >= 0.3 is 0 Å². The topological polar surface area (TPSA) is 72.6 Å². The van der Waals surface area contributed by atoms with Crippen molar-refractivity contribution >= 4 is 23.2 Å². The van der Waals surface area contributed by atoms with E-state index in [1.165, 1.54) is 7.11 Å². The molecule has 20 heavy (non-hydrogen) atoms. The van der Waals surface area contributed by atoms with Crippen LogP contribution in [0.5, 0.6) is 5.75 Å². The summed E-state index contributed by atoms with van der Waals surface area (Å²) >= 11 is 0. The number of carbonyl (C=O) groups excluding carboxylic acids is 2. The highest BCUT2D eigenvalue weighted by Gasteiger charge is 2.37. The molecule has 5 heteroatoms. The minimum atomic E-state index is -0.353. The summed E-state index contributed by atoms with van der Waals surface area (Å²) in [5, 5.41) is 0. The first-order valence-electron chi connectivity index (χ1n) is 6.05. The summed E-state index contributed by atoms with van der Waals surface area (Å²) in [5.41, 5.74) is 7.38. The first-order chi connectivity index (χ1) is 9.63. The van der Waals surface area contributed by atoms with Gasteiger partial charge in [-0.3, -0.25) is 9.59 Å². The molecule has 1 aliphatic heterocycles. The van der Waals surface area contributed by atoms with Gasteiger partial charge in [-0.25, -0.2) is 4.90 Å². The van der Waals surface area contributed by atoms with Crippen LogP contribution >= 0.6 is 0 Å². The molecule has 1 heterocycles. The average molecular weight is 268 g/mol. The van der Waals surface area contributed by atoms with Crippen LogP contribution in [0.2, 0.25) is 0 Å². The number of amides is 2. The minimum absolute atomic E-state index is 0.353. The maximum atomic E-state index is 12.4. The predicted molar refractivity (Wildman–Crippen MR) is 75.0 cm³/mol. The Morgan fingerprint density at radius 2 is 1.60 bits per heavy atom. The molecule has 5 nitrogen and oxygen atoms in total. The summed E-state index contributed by atoms with van der Waals surface area (Å²) in [6, 6.07) is 11.6. The molecule has 2 amide bonds. The number of ether oxygens (including phenoxy) is 1. The van der Waals surface area contributed by atoms with Crippen molar-refractivity contribution in [3.05, 3.63) is 53.6 Å². The number of fused-ring (bicyclic) bond motifs is 1. The van der Waals surface area contributed by atoms with E-state index in [9.17, 15) is 9.59 Å². The van der Waals surface area contributed by atoms with Crippen LogP contribution in [0.25, 0.3) is 0 Å². The van der Waals surface area contributed by atoms with Gasteiger partial charge in [0.15, 0.2) is 0 Å². The Labute approximate surface area is 115 Å². The summed E-state index contributed by atoms with van der Waals surface area (Å²) in [6.07, 6.45) is 0. The summed E-state index contributed by atoms with van der Waals surface area (Å²) in [4.78, 5) is 25.9. The molecule has 2 aromatic rings. The van der Waals surface area contributed by atoms with Gasteiger partial charge in [0.25, 0.3) is 11.8 Å². The molecule has 0 bridgehead atoms. The third kappa shape index (κ3) is 1.64. The number of hydrogen-bond acceptors (Lipinski definition) is 4. The van der Waals surface area contributed by atoms with Crippen molar-refractivity contribution in [2.45, 2.75) is 0 Å². The molecular formula is C15H12N2O3. The number of hydrogen-bond donors (Lipinski definition) is 1. The van der Waals surface area contributed by atoms with E-state index in [1.807, 2.05) is 0 Å². The highest BCUT2D eigenvalue weighted by Crippen LogP contribution is 2.35. The Hall–Kier alpha value is -2.82. The van der Waals surface area contributed by atoms with Crippen LogP contribution in [0.3, 0.4) is 0 Å². The van der Waals surface area contributed by atoms with E-state index in [4.69, 9.17) is 10.5 Å². The third-order valence-corrected chi connectivity index (χ3v) is 3.24. The van der Waals surface area contributed by atoms with Crippen LogP contribution < -0.4 is 15.4 Å². The summed E-state index contributed by atoms with van der Waals surface area (Å²) in [7, 11) is 1.47. The number of nitrogens with two attached hydrogens (primary N) is 1. The van der Waals surface area contributed by atoms with E-state index in [-0.39, 0.29) is 11.8 Å². The van der Waals surface area contributed by atoms with Gasteiger partial charge < -0.3 is 10.5 Å². The fourth-order valence-electron chi connectivity index (χ4n) is 2.29. The lowest BCUT2D eigenvalue weighted by Crippen LogP contribution is -2.29. The van der Waals surface area contributed by atoms with Crippen LogP contribution in [-0.4, -0.2) is 18.9 Å². The molecule has 100 valence electrons. The normalized spacial score (nSPS) is 13.6. The molecule has 0 fully saturated rings. The predicted octanol–water partition coefficient (Wildman–Crippen LogP) is 2.08. The van der Waals surface area contributed by atoms with E-state index < -0.39 is 0 Å². The molecule has 1 aliphatic rings. The quantitative estimate of drug-likeness (QED) is 0.668. The Balaban J connectivity index is 2.14. The van der Waals surface area contributed by atoms with Gasteiger partial charge in [-0.15, -0.1) is 0 Å². The standard InChI is InChI=1S/C15H12N2O3/c1-20-13-8-9(16)6-7-12(13)17-14(18)10-4-2-3-5-11(10)15(17)19/h2-8H,16H2,1H3. The van der Waals surface area contributed by atoms with E-state index in [0.717, 1.165) is 4.90 Å². The zero-order valence-electron chi connectivity index (χ0n) is 10.8. The number of nitrogen functional groups attached to an aromatic ring is 1. The number of nitrogens with zero attached hydrogens (tertiary/aromatic N) is 1. The molecule has 0 aliphatic carbocycles. The van der Waals surface area contributed by atoms with Gasteiger partial charge in [0.05, 0.1) is 23.9 Å². The molecule has 0 saturated heterocycles.